The molecule has 29 heavy (non-hydrogen) atoms. The summed E-state index contributed by atoms with van der Waals surface area (Å²) in [5.74, 6) is -1.54. The van der Waals surface area contributed by atoms with Gasteiger partial charge in [-0.15, -0.1) is 0 Å². The minimum absolute atomic E-state index is 0.0501. The standard InChI is InChI=1S/C22H27N3O4/c1-3-13-7-4-8-14-18(13)23-21(28)22(14)17-16(15-9-5-11-25(15)22)19(26)24(20(17)27)10-6-12-29-2/h4,7-8,15-17H,3,5-6,9-12H2,1-2H3,(H,23,28). The number of hydrogen-bond acceptors (Lipinski definition) is 5. The molecular weight excluding hydrogens is 370 g/mol. The Morgan fingerprint density at radius 1 is 1.24 bits per heavy atom. The summed E-state index contributed by atoms with van der Waals surface area (Å²) in [7, 11) is 1.61. The van der Waals surface area contributed by atoms with Gasteiger partial charge in [0.2, 0.25) is 17.7 Å². The Hall–Kier alpha value is -2.25. The van der Waals surface area contributed by atoms with Crippen molar-refractivity contribution >= 4 is 23.4 Å². The van der Waals surface area contributed by atoms with E-state index in [1.54, 1.807) is 7.11 Å². The van der Waals surface area contributed by atoms with Crippen LogP contribution in [0, 0.1) is 11.8 Å². The molecule has 3 amide bonds. The molecule has 1 spiro atoms. The van der Waals surface area contributed by atoms with Gasteiger partial charge in [0.15, 0.2) is 0 Å². The lowest BCUT2D eigenvalue weighted by atomic mass is 9.75. The summed E-state index contributed by atoms with van der Waals surface area (Å²) in [6.45, 7) is 3.65. The van der Waals surface area contributed by atoms with Crippen molar-refractivity contribution in [1.82, 2.24) is 9.80 Å². The van der Waals surface area contributed by atoms with Crippen LogP contribution in [0.2, 0.25) is 0 Å². The summed E-state index contributed by atoms with van der Waals surface area (Å²) in [6, 6.07) is 5.90. The molecule has 4 unspecified atom stereocenters. The number of carbonyl (C=O) groups is 3. The number of benzene rings is 1. The Balaban J connectivity index is 1.64. The Bertz CT molecular complexity index is 900. The number of hydrogen-bond donors (Lipinski definition) is 1. The van der Waals surface area contributed by atoms with E-state index in [9.17, 15) is 14.4 Å². The highest BCUT2D eigenvalue weighted by atomic mass is 16.5. The molecule has 1 N–H and O–H groups in total. The second-order valence-corrected chi connectivity index (χ2v) is 8.49. The zero-order valence-electron chi connectivity index (χ0n) is 16.9. The molecule has 4 atom stereocenters. The number of likely N-dealkylation sites (tertiary alicyclic amines) is 1. The van der Waals surface area contributed by atoms with Gasteiger partial charge >= 0.3 is 0 Å². The van der Waals surface area contributed by atoms with E-state index < -0.39 is 17.4 Å². The number of rotatable bonds is 5. The predicted molar refractivity (Wildman–Crippen MR) is 106 cm³/mol. The number of ether oxygens (including phenoxy) is 1. The predicted octanol–water partition coefficient (Wildman–Crippen LogP) is 1.51. The molecule has 0 aromatic heterocycles. The molecule has 4 aliphatic rings. The van der Waals surface area contributed by atoms with Crippen LogP contribution < -0.4 is 5.32 Å². The van der Waals surface area contributed by atoms with Crippen LogP contribution in [-0.4, -0.2) is 60.4 Å². The molecule has 0 radical (unpaired) electrons. The Morgan fingerprint density at radius 2 is 2.07 bits per heavy atom. The third kappa shape index (κ3) is 2.23. The molecule has 4 heterocycles. The van der Waals surface area contributed by atoms with Crippen molar-refractivity contribution in [1.29, 1.82) is 0 Å². The Labute approximate surface area is 170 Å². The summed E-state index contributed by atoms with van der Waals surface area (Å²) < 4.78 is 5.10. The molecule has 0 aliphatic carbocycles. The number of nitrogens with zero attached hydrogens (tertiary/aromatic N) is 2. The van der Waals surface area contributed by atoms with Crippen LogP contribution in [0.1, 0.15) is 37.3 Å². The van der Waals surface area contributed by atoms with Gasteiger partial charge in [-0.05, 0) is 37.8 Å². The minimum atomic E-state index is -1.06. The molecule has 1 aromatic carbocycles. The van der Waals surface area contributed by atoms with Crippen molar-refractivity contribution in [2.24, 2.45) is 11.8 Å². The highest BCUT2D eigenvalue weighted by molar-refractivity contribution is 6.15. The lowest BCUT2D eigenvalue weighted by molar-refractivity contribution is -0.145. The zero-order valence-corrected chi connectivity index (χ0v) is 16.9. The Morgan fingerprint density at radius 3 is 2.83 bits per heavy atom. The van der Waals surface area contributed by atoms with E-state index in [0.29, 0.717) is 19.6 Å². The summed E-state index contributed by atoms with van der Waals surface area (Å²) in [4.78, 5) is 44.0. The summed E-state index contributed by atoms with van der Waals surface area (Å²) >= 11 is 0. The Kier molecular flexibility index (Phi) is 4.29. The maximum atomic E-state index is 13.6. The largest absolute Gasteiger partial charge is 0.385 e. The van der Waals surface area contributed by atoms with Crippen LogP contribution in [0.15, 0.2) is 18.2 Å². The van der Waals surface area contributed by atoms with E-state index in [0.717, 1.165) is 42.6 Å². The molecule has 5 rings (SSSR count). The molecular formula is C22H27N3O4. The van der Waals surface area contributed by atoms with Crippen molar-refractivity contribution < 1.29 is 19.1 Å². The smallest absolute Gasteiger partial charge is 0.250 e. The summed E-state index contributed by atoms with van der Waals surface area (Å²) in [5.41, 5.74) is 1.72. The first-order chi connectivity index (χ1) is 14.1. The highest BCUT2D eigenvalue weighted by Gasteiger charge is 2.74. The van der Waals surface area contributed by atoms with Gasteiger partial charge in [0.1, 0.15) is 5.54 Å². The van der Waals surface area contributed by atoms with Crippen LogP contribution in [-0.2, 0) is 31.1 Å². The molecule has 4 aliphatic heterocycles. The van der Waals surface area contributed by atoms with Gasteiger partial charge in [-0.25, -0.2) is 0 Å². The van der Waals surface area contributed by atoms with Gasteiger partial charge in [-0.3, -0.25) is 24.2 Å². The first-order valence-electron chi connectivity index (χ1n) is 10.6. The van der Waals surface area contributed by atoms with Gasteiger partial charge in [0.25, 0.3) is 0 Å². The van der Waals surface area contributed by atoms with Crippen LogP contribution in [0.25, 0.3) is 0 Å². The van der Waals surface area contributed by atoms with Crippen LogP contribution in [0.3, 0.4) is 0 Å². The van der Waals surface area contributed by atoms with Gasteiger partial charge in [0.05, 0.1) is 11.8 Å². The molecule has 1 aromatic rings. The highest BCUT2D eigenvalue weighted by Crippen LogP contribution is 2.60. The first kappa shape index (κ1) is 18.8. The number of aryl methyl sites for hydroxylation is 1. The van der Waals surface area contributed by atoms with Gasteiger partial charge in [0, 0.05) is 37.6 Å². The minimum Gasteiger partial charge on any atom is -0.385 e. The lowest BCUT2D eigenvalue weighted by Gasteiger charge is -2.36. The van der Waals surface area contributed by atoms with Crippen molar-refractivity contribution in [3.05, 3.63) is 29.3 Å². The van der Waals surface area contributed by atoms with Crippen molar-refractivity contribution in [2.45, 2.75) is 44.2 Å². The van der Waals surface area contributed by atoms with Gasteiger partial charge in [-0.1, -0.05) is 25.1 Å². The van der Waals surface area contributed by atoms with Crippen molar-refractivity contribution in [2.75, 3.05) is 32.1 Å². The van der Waals surface area contributed by atoms with Crippen molar-refractivity contribution in [3.8, 4) is 0 Å². The number of amides is 3. The maximum absolute atomic E-state index is 13.6. The number of methoxy groups -OCH3 is 1. The molecule has 7 nitrogen and oxygen atoms in total. The molecule has 154 valence electrons. The summed E-state index contributed by atoms with van der Waals surface area (Å²) in [5, 5.41) is 3.09. The average molecular weight is 397 g/mol. The number of para-hydroxylation sites is 1. The van der Waals surface area contributed by atoms with E-state index in [1.807, 2.05) is 18.2 Å². The number of nitrogens with one attached hydrogen (secondary N) is 1. The third-order valence-corrected chi connectivity index (χ3v) is 7.32. The number of carbonyl (C=O) groups excluding carboxylic acids is 3. The maximum Gasteiger partial charge on any atom is 0.250 e. The number of imide groups is 1. The quantitative estimate of drug-likeness (QED) is 0.602. The molecule has 7 heteroatoms. The second kappa shape index (κ2) is 6.64. The fourth-order valence-corrected chi connectivity index (χ4v) is 6.23. The molecule has 0 bridgehead atoms. The van der Waals surface area contributed by atoms with Crippen LogP contribution >= 0.6 is 0 Å². The van der Waals surface area contributed by atoms with E-state index in [4.69, 9.17) is 4.74 Å². The number of fused-ring (bicyclic) bond motifs is 7. The lowest BCUT2D eigenvalue weighted by Crippen LogP contribution is -2.54. The fourth-order valence-electron chi connectivity index (χ4n) is 6.23. The van der Waals surface area contributed by atoms with E-state index >= 15 is 0 Å². The van der Waals surface area contributed by atoms with Crippen LogP contribution in [0.4, 0.5) is 5.69 Å². The summed E-state index contributed by atoms with van der Waals surface area (Å²) in [6.07, 6.45) is 3.20. The first-order valence-corrected chi connectivity index (χ1v) is 10.6. The molecule has 3 saturated heterocycles. The van der Waals surface area contributed by atoms with E-state index in [-0.39, 0.29) is 23.8 Å². The molecule has 3 fully saturated rings. The molecule has 0 saturated carbocycles. The second-order valence-electron chi connectivity index (χ2n) is 8.49. The SMILES string of the molecule is CCc1cccc2c1NC(=O)C21C2C(=O)N(CCCOC)C(=O)C2C2CCCN21. The van der Waals surface area contributed by atoms with Gasteiger partial charge < -0.3 is 10.1 Å². The normalized spacial score (nSPS) is 32.8. The monoisotopic (exact) mass is 397 g/mol. The average Bonchev–Trinajstić information content (AvgIpc) is 3.42. The van der Waals surface area contributed by atoms with Gasteiger partial charge in [-0.2, -0.15) is 0 Å². The van der Waals surface area contributed by atoms with E-state index in [2.05, 4.69) is 17.1 Å². The number of anilines is 1. The third-order valence-electron chi connectivity index (χ3n) is 7.32. The topological polar surface area (TPSA) is 79.0 Å². The zero-order chi connectivity index (χ0) is 20.3. The van der Waals surface area contributed by atoms with Crippen LogP contribution in [0.5, 0.6) is 0 Å². The van der Waals surface area contributed by atoms with E-state index in [1.165, 1.54) is 4.90 Å². The fraction of sp³-hybridized carbons (Fsp3) is 0.591. The van der Waals surface area contributed by atoms with Crippen molar-refractivity contribution in [3.63, 3.8) is 0 Å².